The van der Waals surface area contributed by atoms with Gasteiger partial charge in [0.25, 0.3) is 0 Å². The molecule has 2 heterocycles. The van der Waals surface area contributed by atoms with Gasteiger partial charge in [-0.3, -0.25) is 0 Å². The number of aliphatic hydroxyl groups is 6. The van der Waals surface area contributed by atoms with Gasteiger partial charge in [-0.05, 0) is 49.2 Å². The predicted molar refractivity (Wildman–Crippen MR) is 124 cm³/mol. The summed E-state index contributed by atoms with van der Waals surface area (Å²) in [7, 11) is 0. The first-order valence-corrected chi connectivity index (χ1v) is 11.3. The van der Waals surface area contributed by atoms with Gasteiger partial charge < -0.3 is 50.7 Å². The van der Waals surface area contributed by atoms with Gasteiger partial charge in [0.2, 0.25) is 0 Å². The van der Waals surface area contributed by atoms with Crippen molar-refractivity contribution in [3.05, 3.63) is 48.5 Å². The second-order valence-corrected chi connectivity index (χ2v) is 8.91. The molecule has 0 amide bonds. The van der Waals surface area contributed by atoms with Crippen LogP contribution in [0.4, 0.5) is 11.4 Å². The van der Waals surface area contributed by atoms with Gasteiger partial charge in [0.1, 0.15) is 36.6 Å². The molecule has 2 aromatic rings. The van der Waals surface area contributed by atoms with Crippen LogP contribution in [0.1, 0.15) is 13.8 Å². The Balaban J connectivity index is 1.38. The Hall–Kier alpha value is -2.28. The highest BCUT2D eigenvalue weighted by atomic mass is 16.6. The van der Waals surface area contributed by atoms with E-state index < -0.39 is 61.3 Å². The van der Waals surface area contributed by atoms with Crippen LogP contribution in [0, 0.1) is 0 Å². The van der Waals surface area contributed by atoms with Crippen molar-refractivity contribution in [2.45, 2.75) is 75.1 Å². The first kappa shape index (κ1) is 24.8. The Bertz CT molecular complexity index is 865. The van der Waals surface area contributed by atoms with Crippen LogP contribution in [0.25, 0.3) is 11.1 Å². The molecule has 10 nitrogen and oxygen atoms in total. The summed E-state index contributed by atoms with van der Waals surface area (Å²) in [6.45, 7) is 3.26. The first-order chi connectivity index (χ1) is 16.2. The quantitative estimate of drug-likeness (QED) is 0.291. The fourth-order valence-corrected chi connectivity index (χ4v) is 4.19. The van der Waals surface area contributed by atoms with E-state index in [-0.39, 0.29) is 0 Å². The summed E-state index contributed by atoms with van der Waals surface area (Å²) in [6, 6.07) is 14.8. The molecule has 186 valence electrons. The molecule has 10 atom stereocenters. The fraction of sp³-hybridized carbons (Fsp3) is 0.500. The van der Waals surface area contributed by atoms with E-state index in [1.165, 1.54) is 0 Å². The molecule has 0 aliphatic carbocycles. The molecule has 2 fully saturated rings. The molecule has 2 aromatic carbocycles. The maximum absolute atomic E-state index is 10.2. The average molecular weight is 477 g/mol. The summed E-state index contributed by atoms with van der Waals surface area (Å²) in [5.41, 5.74) is 3.24. The minimum absolute atomic E-state index is 0.626. The van der Waals surface area contributed by atoms with E-state index in [0.717, 1.165) is 11.1 Å². The number of ether oxygens (including phenoxy) is 2. The van der Waals surface area contributed by atoms with Gasteiger partial charge in [-0.25, -0.2) is 0 Å². The zero-order chi connectivity index (χ0) is 24.6. The molecule has 2 aliphatic rings. The second kappa shape index (κ2) is 10.1. The average Bonchev–Trinajstić information content (AvgIpc) is 2.84. The summed E-state index contributed by atoms with van der Waals surface area (Å²) in [5, 5.41) is 66.0. The Labute approximate surface area is 197 Å². The van der Waals surface area contributed by atoms with Crippen LogP contribution < -0.4 is 10.6 Å². The number of benzene rings is 2. The van der Waals surface area contributed by atoms with Gasteiger partial charge in [0, 0.05) is 11.4 Å². The smallest absolute Gasteiger partial charge is 0.157 e. The SMILES string of the molecule is C[C@@H]1O[C@@H](Nc2ccc(-c3ccc(N[C@H]4O[C@H](C)[C@@H](O)[C@H](O)[C@@H]4O)cc3)cc2)[C@H](O)[C@H](O)[C@H]1O. The normalized spacial score (nSPS) is 38.4. The molecule has 2 aliphatic heterocycles. The number of rotatable bonds is 5. The van der Waals surface area contributed by atoms with E-state index in [0.29, 0.717) is 11.4 Å². The van der Waals surface area contributed by atoms with Crippen molar-refractivity contribution in [1.29, 1.82) is 0 Å². The van der Waals surface area contributed by atoms with E-state index in [9.17, 15) is 30.6 Å². The molecule has 0 unspecified atom stereocenters. The van der Waals surface area contributed by atoms with Crippen molar-refractivity contribution < 1.29 is 40.1 Å². The Morgan fingerprint density at radius 3 is 1.15 bits per heavy atom. The first-order valence-electron chi connectivity index (χ1n) is 11.3. The molecule has 10 heteroatoms. The van der Waals surface area contributed by atoms with E-state index in [1.807, 2.05) is 48.5 Å². The van der Waals surface area contributed by atoms with Crippen molar-refractivity contribution in [3.63, 3.8) is 0 Å². The zero-order valence-electron chi connectivity index (χ0n) is 18.9. The van der Waals surface area contributed by atoms with Crippen molar-refractivity contribution >= 4 is 11.4 Å². The highest BCUT2D eigenvalue weighted by Crippen LogP contribution is 2.27. The molecule has 0 aromatic heterocycles. The van der Waals surface area contributed by atoms with Gasteiger partial charge in [-0.1, -0.05) is 24.3 Å². The lowest BCUT2D eigenvalue weighted by molar-refractivity contribution is -0.209. The van der Waals surface area contributed by atoms with Crippen LogP contribution in [-0.2, 0) is 9.47 Å². The van der Waals surface area contributed by atoms with Crippen LogP contribution in [0.2, 0.25) is 0 Å². The Morgan fingerprint density at radius 2 is 0.824 bits per heavy atom. The number of nitrogens with one attached hydrogen (secondary N) is 2. The lowest BCUT2D eigenvalue weighted by Crippen LogP contribution is -2.58. The lowest BCUT2D eigenvalue weighted by Gasteiger charge is -2.39. The van der Waals surface area contributed by atoms with Crippen LogP contribution in [0.5, 0.6) is 0 Å². The van der Waals surface area contributed by atoms with Crippen molar-refractivity contribution in [2.75, 3.05) is 10.6 Å². The van der Waals surface area contributed by atoms with Crippen LogP contribution in [0.15, 0.2) is 48.5 Å². The van der Waals surface area contributed by atoms with Crippen molar-refractivity contribution in [1.82, 2.24) is 0 Å². The van der Waals surface area contributed by atoms with Crippen molar-refractivity contribution in [3.8, 4) is 11.1 Å². The molecule has 0 bridgehead atoms. The molecule has 0 saturated carbocycles. The van der Waals surface area contributed by atoms with E-state index in [4.69, 9.17) is 9.47 Å². The molecule has 34 heavy (non-hydrogen) atoms. The van der Waals surface area contributed by atoms with Gasteiger partial charge in [0.05, 0.1) is 12.2 Å². The summed E-state index contributed by atoms with van der Waals surface area (Å²) in [6.07, 6.45) is -10.4. The third-order valence-electron chi connectivity index (χ3n) is 6.43. The number of hydrogen-bond donors (Lipinski definition) is 8. The van der Waals surface area contributed by atoms with E-state index in [2.05, 4.69) is 10.6 Å². The standard InChI is InChI=1S/C24H32N2O8/c1-11-17(27)19(29)21(31)23(33-11)25-15-7-3-13(4-8-15)14-5-9-16(10-6-14)26-24-22(32)20(30)18(28)12(2)34-24/h3-12,17-32H,1-2H3/t11-,12+,17-,18+,19+,20-,21+,22-,23+,24-. The molecular weight excluding hydrogens is 444 g/mol. The van der Waals surface area contributed by atoms with Gasteiger partial charge >= 0.3 is 0 Å². The minimum atomic E-state index is -1.30. The lowest BCUT2D eigenvalue weighted by atomic mass is 9.98. The number of anilines is 2. The molecule has 8 N–H and O–H groups in total. The highest BCUT2D eigenvalue weighted by molar-refractivity contribution is 5.68. The Morgan fingerprint density at radius 1 is 0.500 bits per heavy atom. The molecule has 2 saturated heterocycles. The predicted octanol–water partition coefficient (Wildman–Crippen LogP) is -0.168. The Kier molecular flexibility index (Phi) is 7.41. The highest BCUT2D eigenvalue weighted by Gasteiger charge is 2.42. The van der Waals surface area contributed by atoms with Gasteiger partial charge in [-0.2, -0.15) is 0 Å². The molecule has 0 radical (unpaired) electrons. The summed E-state index contributed by atoms with van der Waals surface area (Å²) in [5.74, 6) is 0. The third-order valence-corrected chi connectivity index (χ3v) is 6.43. The fourth-order valence-electron chi connectivity index (χ4n) is 4.19. The van der Waals surface area contributed by atoms with E-state index >= 15 is 0 Å². The third kappa shape index (κ3) is 5.04. The summed E-state index contributed by atoms with van der Waals surface area (Å²) >= 11 is 0. The van der Waals surface area contributed by atoms with Gasteiger partial charge in [-0.15, -0.1) is 0 Å². The summed E-state index contributed by atoms with van der Waals surface area (Å²) in [4.78, 5) is 0. The molecule has 0 spiro atoms. The maximum Gasteiger partial charge on any atom is 0.157 e. The van der Waals surface area contributed by atoms with Gasteiger partial charge in [0.15, 0.2) is 12.5 Å². The molecular formula is C24H32N2O8. The van der Waals surface area contributed by atoms with Crippen LogP contribution in [-0.4, -0.2) is 91.9 Å². The minimum Gasteiger partial charge on any atom is -0.388 e. The zero-order valence-corrected chi connectivity index (χ0v) is 18.9. The number of hydrogen-bond acceptors (Lipinski definition) is 10. The molecule has 4 rings (SSSR count). The van der Waals surface area contributed by atoms with E-state index in [1.54, 1.807) is 13.8 Å². The van der Waals surface area contributed by atoms with Crippen molar-refractivity contribution in [2.24, 2.45) is 0 Å². The van der Waals surface area contributed by atoms with Crippen LogP contribution >= 0.6 is 0 Å². The largest absolute Gasteiger partial charge is 0.388 e. The number of aliphatic hydroxyl groups excluding tert-OH is 6. The second-order valence-electron chi connectivity index (χ2n) is 8.91. The summed E-state index contributed by atoms with van der Waals surface area (Å²) < 4.78 is 11.1. The maximum atomic E-state index is 10.2. The topological polar surface area (TPSA) is 164 Å². The van der Waals surface area contributed by atoms with Crippen LogP contribution in [0.3, 0.4) is 0 Å². The monoisotopic (exact) mass is 476 g/mol.